The summed E-state index contributed by atoms with van der Waals surface area (Å²) in [6.07, 6.45) is 4.09. The minimum Gasteiger partial charge on any atom is -0.350 e. The van der Waals surface area contributed by atoms with E-state index in [4.69, 9.17) is 0 Å². The molecule has 148 valence electrons. The number of rotatable bonds is 4. The van der Waals surface area contributed by atoms with Crippen molar-refractivity contribution >= 4 is 23.2 Å². The Morgan fingerprint density at radius 1 is 1.41 bits per heavy atom. The van der Waals surface area contributed by atoms with E-state index < -0.39 is 0 Å². The normalized spacial score (nSPS) is 28.4. The highest BCUT2D eigenvalue weighted by atomic mass is 32.1. The fourth-order valence-electron chi connectivity index (χ4n) is 5.31. The molecular formula is C20H30N4O2S. The molecule has 3 atom stereocenters. The number of amides is 2. The molecule has 0 unspecified atom stereocenters. The highest BCUT2D eigenvalue weighted by molar-refractivity contribution is 7.11. The predicted octanol–water partition coefficient (Wildman–Crippen LogP) is 2.29. The predicted molar refractivity (Wildman–Crippen MR) is 106 cm³/mol. The van der Waals surface area contributed by atoms with Gasteiger partial charge in [0.05, 0.1) is 17.1 Å². The van der Waals surface area contributed by atoms with Gasteiger partial charge in [-0.05, 0) is 33.1 Å². The number of hydrogen-bond donors (Lipinski definition) is 1. The van der Waals surface area contributed by atoms with Crippen LogP contribution >= 0.6 is 11.3 Å². The number of thiazole rings is 1. The first-order valence-electron chi connectivity index (χ1n) is 10.2. The van der Waals surface area contributed by atoms with E-state index >= 15 is 0 Å². The number of likely N-dealkylation sites (tertiary alicyclic amines) is 2. The van der Waals surface area contributed by atoms with E-state index in [2.05, 4.69) is 29.0 Å². The van der Waals surface area contributed by atoms with Crippen molar-refractivity contribution in [3.05, 3.63) is 16.1 Å². The van der Waals surface area contributed by atoms with Crippen LogP contribution in [-0.4, -0.2) is 64.4 Å². The van der Waals surface area contributed by atoms with Crippen LogP contribution in [0.15, 0.2) is 5.51 Å². The second kappa shape index (κ2) is 7.17. The van der Waals surface area contributed by atoms with Crippen LogP contribution in [-0.2, 0) is 4.79 Å². The molecule has 0 aromatic carbocycles. The lowest BCUT2D eigenvalue weighted by Gasteiger charge is -2.43. The third-order valence-corrected chi connectivity index (χ3v) is 7.90. The minimum absolute atomic E-state index is 0.0929. The van der Waals surface area contributed by atoms with Gasteiger partial charge >= 0.3 is 0 Å². The molecule has 6 nitrogen and oxygen atoms in total. The summed E-state index contributed by atoms with van der Waals surface area (Å²) in [5, 5.41) is 3.36. The van der Waals surface area contributed by atoms with Gasteiger partial charge in [0.15, 0.2) is 0 Å². The van der Waals surface area contributed by atoms with E-state index in [-0.39, 0.29) is 23.3 Å². The summed E-state index contributed by atoms with van der Waals surface area (Å²) in [4.78, 5) is 34.9. The van der Waals surface area contributed by atoms with E-state index in [1.807, 2.05) is 11.8 Å². The number of piperidine rings is 1. The summed E-state index contributed by atoms with van der Waals surface area (Å²) < 4.78 is 0. The molecule has 1 N–H and O–H groups in total. The van der Waals surface area contributed by atoms with E-state index in [0.717, 1.165) is 36.5 Å². The maximum absolute atomic E-state index is 12.8. The number of aromatic nitrogens is 1. The van der Waals surface area contributed by atoms with Crippen molar-refractivity contribution in [2.75, 3.05) is 26.2 Å². The number of nitrogens with zero attached hydrogens (tertiary/aromatic N) is 3. The Hall–Kier alpha value is -1.47. The third-order valence-electron chi connectivity index (χ3n) is 6.98. The van der Waals surface area contributed by atoms with Crippen LogP contribution < -0.4 is 5.32 Å². The number of aryl methyl sites for hydroxylation is 1. The van der Waals surface area contributed by atoms with E-state index in [0.29, 0.717) is 25.0 Å². The molecule has 4 rings (SSSR count). The number of nitrogens with one attached hydrogen (secondary N) is 1. The Morgan fingerprint density at radius 2 is 2.15 bits per heavy atom. The highest BCUT2D eigenvalue weighted by Crippen LogP contribution is 2.44. The fourth-order valence-corrected chi connectivity index (χ4v) is 6.08. The quantitative estimate of drug-likeness (QED) is 0.857. The third kappa shape index (κ3) is 3.18. The van der Waals surface area contributed by atoms with Crippen LogP contribution in [0.5, 0.6) is 0 Å². The molecule has 1 aromatic rings. The standard InChI is InChI=1S/C20H30N4O2S/c1-4-5-13(2)24-10-15-16(11-24)20(22-18(15)25)6-8-23(9-7-20)19(26)17-14(3)21-12-27-17/h12-13,15-16H,4-11H2,1-3H3,(H,22,25)/t13-,15+,16-/m0/s1. The first-order valence-corrected chi connectivity index (χ1v) is 11.1. The van der Waals surface area contributed by atoms with Crippen molar-refractivity contribution in [2.45, 2.75) is 58.0 Å². The van der Waals surface area contributed by atoms with Crippen molar-refractivity contribution < 1.29 is 9.59 Å². The number of carbonyl (C=O) groups is 2. The van der Waals surface area contributed by atoms with Crippen LogP contribution in [0.2, 0.25) is 0 Å². The van der Waals surface area contributed by atoms with Crippen molar-refractivity contribution in [1.82, 2.24) is 20.1 Å². The van der Waals surface area contributed by atoms with Crippen molar-refractivity contribution in [2.24, 2.45) is 11.8 Å². The van der Waals surface area contributed by atoms with Crippen molar-refractivity contribution in [1.29, 1.82) is 0 Å². The van der Waals surface area contributed by atoms with Crippen LogP contribution in [0.1, 0.15) is 54.9 Å². The van der Waals surface area contributed by atoms with E-state index in [9.17, 15) is 9.59 Å². The van der Waals surface area contributed by atoms with Gasteiger partial charge in [-0.25, -0.2) is 4.98 Å². The Morgan fingerprint density at radius 3 is 2.78 bits per heavy atom. The SMILES string of the molecule is CCC[C@H](C)N1C[C@H]2C(=O)NC3(CCN(C(=O)c4scnc4C)CC3)[C@H]2C1. The second-order valence-electron chi connectivity index (χ2n) is 8.51. The maximum atomic E-state index is 12.8. The summed E-state index contributed by atoms with van der Waals surface area (Å²) in [5.41, 5.74) is 2.43. The lowest BCUT2D eigenvalue weighted by atomic mass is 9.75. The van der Waals surface area contributed by atoms with Gasteiger partial charge in [0.25, 0.3) is 5.91 Å². The number of hydrogen-bond acceptors (Lipinski definition) is 5. The molecular weight excluding hydrogens is 360 g/mol. The number of fused-ring (bicyclic) bond motifs is 2. The molecule has 7 heteroatoms. The molecule has 3 saturated heterocycles. The zero-order valence-corrected chi connectivity index (χ0v) is 17.3. The maximum Gasteiger partial charge on any atom is 0.265 e. The molecule has 2 amide bonds. The second-order valence-corrected chi connectivity index (χ2v) is 9.36. The number of carbonyl (C=O) groups excluding carboxylic acids is 2. The Balaban J connectivity index is 1.44. The van der Waals surface area contributed by atoms with Crippen LogP contribution in [0, 0.1) is 18.8 Å². The van der Waals surface area contributed by atoms with Gasteiger partial charge in [-0.15, -0.1) is 11.3 Å². The fraction of sp³-hybridized carbons (Fsp3) is 0.750. The molecule has 0 radical (unpaired) electrons. The first-order chi connectivity index (χ1) is 12.9. The van der Waals surface area contributed by atoms with Gasteiger partial charge in [0.1, 0.15) is 4.88 Å². The molecule has 3 aliphatic heterocycles. The molecule has 4 heterocycles. The molecule has 0 saturated carbocycles. The van der Waals surface area contributed by atoms with Gasteiger partial charge in [-0.1, -0.05) is 13.3 Å². The zero-order valence-electron chi connectivity index (χ0n) is 16.5. The molecule has 3 fully saturated rings. The smallest absolute Gasteiger partial charge is 0.265 e. The average Bonchev–Trinajstić information content (AvgIpc) is 3.33. The molecule has 3 aliphatic rings. The monoisotopic (exact) mass is 390 g/mol. The Kier molecular flexibility index (Phi) is 5.01. The van der Waals surface area contributed by atoms with Crippen LogP contribution in [0.25, 0.3) is 0 Å². The topological polar surface area (TPSA) is 65.5 Å². The minimum atomic E-state index is -0.123. The molecule has 1 spiro atoms. The van der Waals surface area contributed by atoms with E-state index in [1.54, 1.807) is 5.51 Å². The highest BCUT2D eigenvalue weighted by Gasteiger charge is 2.57. The Bertz CT molecular complexity index is 725. The summed E-state index contributed by atoms with van der Waals surface area (Å²) in [5.74, 6) is 0.821. The summed E-state index contributed by atoms with van der Waals surface area (Å²) in [6.45, 7) is 9.72. The van der Waals surface area contributed by atoms with Crippen LogP contribution in [0.4, 0.5) is 0 Å². The van der Waals surface area contributed by atoms with Gasteiger partial charge in [0.2, 0.25) is 5.91 Å². The van der Waals surface area contributed by atoms with Gasteiger partial charge in [-0.3, -0.25) is 14.5 Å². The van der Waals surface area contributed by atoms with Crippen molar-refractivity contribution in [3.8, 4) is 0 Å². The van der Waals surface area contributed by atoms with Gasteiger partial charge in [-0.2, -0.15) is 0 Å². The van der Waals surface area contributed by atoms with Gasteiger partial charge < -0.3 is 10.2 Å². The first kappa shape index (κ1) is 18.9. The molecule has 1 aromatic heterocycles. The summed E-state index contributed by atoms with van der Waals surface area (Å²) >= 11 is 1.42. The largest absolute Gasteiger partial charge is 0.350 e. The lowest BCUT2D eigenvalue weighted by Crippen LogP contribution is -2.56. The van der Waals surface area contributed by atoms with Gasteiger partial charge in [0, 0.05) is 43.7 Å². The average molecular weight is 391 g/mol. The summed E-state index contributed by atoms with van der Waals surface area (Å²) in [6, 6.07) is 0.543. The molecule has 0 bridgehead atoms. The molecule has 0 aliphatic carbocycles. The lowest BCUT2D eigenvalue weighted by molar-refractivity contribution is -0.123. The zero-order chi connectivity index (χ0) is 19.2. The van der Waals surface area contributed by atoms with Crippen molar-refractivity contribution in [3.63, 3.8) is 0 Å². The molecule has 27 heavy (non-hydrogen) atoms. The summed E-state index contributed by atoms with van der Waals surface area (Å²) in [7, 11) is 0. The van der Waals surface area contributed by atoms with Crippen LogP contribution in [0.3, 0.4) is 0 Å². The Labute approximate surface area is 165 Å². The van der Waals surface area contributed by atoms with E-state index in [1.165, 1.54) is 24.2 Å².